The lowest BCUT2D eigenvalue weighted by Gasteiger charge is -2.17. The number of hydrogen-bond donors (Lipinski definition) is 1. The molecule has 0 aliphatic rings. The van der Waals surface area contributed by atoms with Crippen LogP contribution in [0, 0.1) is 6.92 Å². The Balaban J connectivity index is 2.41. The molecular weight excluding hydrogens is 294 g/mol. The second-order valence-electron chi connectivity index (χ2n) is 4.78. The number of benzene rings is 1. The van der Waals surface area contributed by atoms with Gasteiger partial charge in [-0.1, -0.05) is 27.2 Å². The SMILES string of the molecule is CNC(C)(C)c1nc(-c2ccc(C)cc2Br)no1. The van der Waals surface area contributed by atoms with Crippen molar-refractivity contribution in [1.29, 1.82) is 0 Å². The van der Waals surface area contributed by atoms with Crippen LogP contribution >= 0.6 is 15.9 Å². The molecular formula is C13H16BrN3O. The van der Waals surface area contributed by atoms with E-state index in [4.69, 9.17) is 4.52 Å². The molecule has 1 heterocycles. The summed E-state index contributed by atoms with van der Waals surface area (Å²) < 4.78 is 6.29. The summed E-state index contributed by atoms with van der Waals surface area (Å²) in [5.74, 6) is 1.17. The lowest BCUT2D eigenvalue weighted by molar-refractivity contribution is 0.281. The highest BCUT2D eigenvalue weighted by Gasteiger charge is 2.26. The van der Waals surface area contributed by atoms with Crippen molar-refractivity contribution in [2.24, 2.45) is 0 Å². The summed E-state index contributed by atoms with van der Waals surface area (Å²) >= 11 is 3.52. The van der Waals surface area contributed by atoms with Crippen LogP contribution in [0.1, 0.15) is 25.3 Å². The molecule has 0 saturated heterocycles. The van der Waals surface area contributed by atoms with Gasteiger partial charge in [-0.3, -0.25) is 0 Å². The van der Waals surface area contributed by atoms with E-state index in [9.17, 15) is 0 Å². The second kappa shape index (κ2) is 4.82. The van der Waals surface area contributed by atoms with Crippen molar-refractivity contribution in [2.45, 2.75) is 26.3 Å². The largest absolute Gasteiger partial charge is 0.337 e. The third-order valence-corrected chi connectivity index (χ3v) is 3.61. The summed E-state index contributed by atoms with van der Waals surface area (Å²) in [6, 6.07) is 6.05. The molecule has 1 N–H and O–H groups in total. The van der Waals surface area contributed by atoms with Crippen molar-refractivity contribution < 1.29 is 4.52 Å². The Morgan fingerprint density at radius 2 is 2.06 bits per heavy atom. The van der Waals surface area contributed by atoms with Crippen LogP contribution in [0.5, 0.6) is 0 Å². The fourth-order valence-corrected chi connectivity index (χ4v) is 2.17. The maximum atomic E-state index is 5.32. The van der Waals surface area contributed by atoms with Crippen molar-refractivity contribution in [3.05, 3.63) is 34.1 Å². The number of aryl methyl sites for hydroxylation is 1. The molecule has 2 aromatic rings. The number of nitrogens with zero attached hydrogens (tertiary/aromatic N) is 2. The maximum absolute atomic E-state index is 5.32. The molecule has 96 valence electrons. The summed E-state index contributed by atoms with van der Waals surface area (Å²) in [5.41, 5.74) is 1.79. The monoisotopic (exact) mass is 309 g/mol. The Morgan fingerprint density at radius 1 is 1.33 bits per heavy atom. The molecule has 1 aromatic carbocycles. The van der Waals surface area contributed by atoms with Crippen LogP contribution in [-0.2, 0) is 5.54 Å². The first-order valence-corrected chi connectivity index (χ1v) is 6.53. The van der Waals surface area contributed by atoms with E-state index in [1.54, 1.807) is 0 Å². The zero-order valence-corrected chi connectivity index (χ0v) is 12.5. The van der Waals surface area contributed by atoms with Crippen molar-refractivity contribution in [3.8, 4) is 11.4 Å². The van der Waals surface area contributed by atoms with E-state index >= 15 is 0 Å². The Bertz CT molecular complexity index is 563. The van der Waals surface area contributed by atoms with Crippen LogP contribution in [0.3, 0.4) is 0 Å². The molecule has 4 nitrogen and oxygen atoms in total. The van der Waals surface area contributed by atoms with Crippen LogP contribution in [0.4, 0.5) is 0 Å². The first-order chi connectivity index (χ1) is 8.44. The van der Waals surface area contributed by atoms with Gasteiger partial charge in [0.1, 0.15) is 0 Å². The first-order valence-electron chi connectivity index (χ1n) is 5.73. The predicted molar refractivity (Wildman–Crippen MR) is 74.3 cm³/mol. The van der Waals surface area contributed by atoms with Gasteiger partial charge < -0.3 is 9.84 Å². The predicted octanol–water partition coefficient (Wildman–Crippen LogP) is 3.26. The number of nitrogens with one attached hydrogen (secondary N) is 1. The third kappa shape index (κ3) is 2.47. The average Bonchev–Trinajstić information content (AvgIpc) is 2.79. The summed E-state index contributed by atoms with van der Waals surface area (Å²) in [5, 5.41) is 7.17. The van der Waals surface area contributed by atoms with Gasteiger partial charge in [0.15, 0.2) is 0 Å². The van der Waals surface area contributed by atoms with Gasteiger partial charge in [-0.15, -0.1) is 0 Å². The van der Waals surface area contributed by atoms with Gasteiger partial charge in [0.25, 0.3) is 0 Å². The van der Waals surface area contributed by atoms with Crippen molar-refractivity contribution >= 4 is 15.9 Å². The minimum absolute atomic E-state index is 0.331. The van der Waals surface area contributed by atoms with Crippen LogP contribution in [0.2, 0.25) is 0 Å². The van der Waals surface area contributed by atoms with Gasteiger partial charge in [-0.25, -0.2) is 0 Å². The summed E-state index contributed by atoms with van der Waals surface area (Å²) in [7, 11) is 1.87. The highest BCUT2D eigenvalue weighted by Crippen LogP contribution is 2.28. The minimum Gasteiger partial charge on any atom is -0.337 e. The lowest BCUT2D eigenvalue weighted by atomic mass is 10.1. The highest BCUT2D eigenvalue weighted by molar-refractivity contribution is 9.10. The van der Waals surface area contributed by atoms with Crippen LogP contribution < -0.4 is 5.32 Å². The molecule has 1 aromatic heterocycles. The molecule has 0 aliphatic carbocycles. The zero-order valence-electron chi connectivity index (χ0n) is 10.9. The molecule has 0 saturated carbocycles. The van der Waals surface area contributed by atoms with Gasteiger partial charge in [-0.2, -0.15) is 4.98 Å². The van der Waals surface area contributed by atoms with E-state index < -0.39 is 0 Å². The van der Waals surface area contributed by atoms with E-state index in [0.717, 1.165) is 10.0 Å². The molecule has 0 aliphatic heterocycles. The summed E-state index contributed by atoms with van der Waals surface area (Å²) in [6.07, 6.45) is 0. The Hall–Kier alpha value is -1.20. The molecule has 0 bridgehead atoms. The van der Waals surface area contributed by atoms with E-state index in [0.29, 0.717) is 11.7 Å². The van der Waals surface area contributed by atoms with E-state index in [2.05, 4.69) is 31.4 Å². The molecule has 5 heteroatoms. The van der Waals surface area contributed by atoms with Crippen LogP contribution in [-0.4, -0.2) is 17.2 Å². The first kappa shape index (κ1) is 13.2. The molecule has 0 radical (unpaired) electrons. The Labute approximate surface area is 115 Å². The second-order valence-corrected chi connectivity index (χ2v) is 5.64. The third-order valence-electron chi connectivity index (χ3n) is 2.95. The van der Waals surface area contributed by atoms with Gasteiger partial charge >= 0.3 is 0 Å². The molecule has 0 unspecified atom stereocenters. The van der Waals surface area contributed by atoms with E-state index in [-0.39, 0.29) is 5.54 Å². The van der Waals surface area contributed by atoms with E-state index in [1.165, 1.54) is 5.56 Å². The molecule has 0 amide bonds. The minimum atomic E-state index is -0.331. The molecule has 0 fully saturated rings. The van der Waals surface area contributed by atoms with Gasteiger partial charge in [0.2, 0.25) is 11.7 Å². The molecule has 18 heavy (non-hydrogen) atoms. The maximum Gasteiger partial charge on any atom is 0.246 e. The van der Waals surface area contributed by atoms with Crippen molar-refractivity contribution in [2.75, 3.05) is 7.05 Å². The van der Waals surface area contributed by atoms with Gasteiger partial charge in [0.05, 0.1) is 5.54 Å². The zero-order chi connectivity index (χ0) is 13.3. The summed E-state index contributed by atoms with van der Waals surface area (Å²) in [6.45, 7) is 6.03. The Morgan fingerprint density at radius 3 is 2.67 bits per heavy atom. The normalized spacial score (nSPS) is 11.8. The fraction of sp³-hybridized carbons (Fsp3) is 0.385. The number of rotatable bonds is 3. The topological polar surface area (TPSA) is 51.0 Å². The van der Waals surface area contributed by atoms with Crippen LogP contribution in [0.25, 0.3) is 11.4 Å². The Kier molecular flexibility index (Phi) is 3.54. The van der Waals surface area contributed by atoms with Gasteiger partial charge in [0, 0.05) is 10.0 Å². The fourth-order valence-electron chi connectivity index (χ4n) is 1.50. The molecule has 0 atom stereocenters. The van der Waals surface area contributed by atoms with E-state index in [1.807, 2.05) is 46.0 Å². The highest BCUT2D eigenvalue weighted by atomic mass is 79.9. The van der Waals surface area contributed by atoms with Crippen molar-refractivity contribution in [1.82, 2.24) is 15.5 Å². The smallest absolute Gasteiger partial charge is 0.246 e. The summed E-state index contributed by atoms with van der Waals surface area (Å²) in [4.78, 5) is 4.44. The standard InChI is InChI=1S/C13H16BrN3O/c1-8-5-6-9(10(14)7-8)11-16-12(18-17-11)13(2,3)15-4/h5-7,15H,1-4H3. The lowest BCUT2D eigenvalue weighted by Crippen LogP contribution is -2.33. The quantitative estimate of drug-likeness (QED) is 0.945. The molecule has 0 spiro atoms. The van der Waals surface area contributed by atoms with Gasteiger partial charge in [-0.05, 0) is 45.5 Å². The number of aromatic nitrogens is 2. The number of hydrogen-bond acceptors (Lipinski definition) is 4. The average molecular weight is 310 g/mol. The van der Waals surface area contributed by atoms with Crippen molar-refractivity contribution in [3.63, 3.8) is 0 Å². The molecule has 2 rings (SSSR count). The number of halogens is 1. The van der Waals surface area contributed by atoms with Crippen LogP contribution in [0.15, 0.2) is 27.2 Å².